The highest BCUT2D eigenvalue weighted by Gasteiger charge is 2.20. The molecular formula is C32H29NOS. The summed E-state index contributed by atoms with van der Waals surface area (Å²) >= 11 is 1.75. The van der Waals surface area contributed by atoms with Crippen LogP contribution in [-0.2, 0) is 6.42 Å². The van der Waals surface area contributed by atoms with E-state index in [4.69, 9.17) is 9.40 Å². The lowest BCUT2D eigenvalue weighted by Crippen LogP contribution is -2.11. The van der Waals surface area contributed by atoms with Gasteiger partial charge >= 0.3 is 0 Å². The lowest BCUT2D eigenvalue weighted by Gasteiger charge is -2.22. The first kappa shape index (κ1) is 22.1. The highest BCUT2D eigenvalue weighted by molar-refractivity contribution is 7.17. The van der Waals surface area contributed by atoms with Gasteiger partial charge in [-0.1, -0.05) is 51.1 Å². The van der Waals surface area contributed by atoms with E-state index in [1.807, 2.05) is 0 Å². The van der Waals surface area contributed by atoms with E-state index in [1.54, 1.807) is 11.3 Å². The number of thiophene rings is 1. The van der Waals surface area contributed by atoms with Gasteiger partial charge in [-0.25, -0.2) is 0 Å². The van der Waals surface area contributed by atoms with Gasteiger partial charge < -0.3 is 4.42 Å². The van der Waals surface area contributed by atoms with E-state index in [0.717, 1.165) is 39.6 Å². The van der Waals surface area contributed by atoms with Crippen molar-refractivity contribution in [1.82, 2.24) is 4.98 Å². The van der Waals surface area contributed by atoms with Crippen molar-refractivity contribution in [2.24, 2.45) is 5.41 Å². The standard InChI is InChI=1S/C32H29NOS/c1-19-8-6-9-20(2)29(19)26-16-27(33-18-21(26)17-32(3,4)5)24-11-7-10-22-23-12-13-28-25(14-15-35-28)31(23)34-30(22)24/h6-16,18H,17H2,1-5H3. The van der Waals surface area contributed by atoms with Crippen LogP contribution in [0.3, 0.4) is 0 Å². The molecule has 0 fully saturated rings. The largest absolute Gasteiger partial charge is 0.455 e. The van der Waals surface area contributed by atoms with E-state index < -0.39 is 0 Å². The fraction of sp³-hybridized carbons (Fsp3) is 0.219. The molecule has 35 heavy (non-hydrogen) atoms. The average molecular weight is 476 g/mol. The molecule has 0 N–H and O–H groups in total. The van der Waals surface area contributed by atoms with Crippen molar-refractivity contribution in [3.63, 3.8) is 0 Å². The first-order valence-corrected chi connectivity index (χ1v) is 13.1. The Labute approximate surface area is 210 Å². The molecule has 0 bridgehead atoms. The summed E-state index contributed by atoms with van der Waals surface area (Å²) in [5, 5.41) is 5.61. The summed E-state index contributed by atoms with van der Waals surface area (Å²) in [7, 11) is 0. The van der Waals surface area contributed by atoms with Crippen LogP contribution in [0, 0.1) is 19.3 Å². The highest BCUT2D eigenvalue weighted by Crippen LogP contribution is 2.41. The second kappa shape index (κ2) is 8.07. The van der Waals surface area contributed by atoms with Crippen molar-refractivity contribution in [3.05, 3.63) is 88.9 Å². The van der Waals surface area contributed by atoms with Crippen molar-refractivity contribution in [3.8, 4) is 22.4 Å². The zero-order chi connectivity index (χ0) is 24.3. The molecule has 0 aliphatic rings. The van der Waals surface area contributed by atoms with Crippen LogP contribution in [0.5, 0.6) is 0 Å². The predicted molar refractivity (Wildman–Crippen MR) is 150 cm³/mol. The summed E-state index contributed by atoms with van der Waals surface area (Å²) in [5.41, 5.74) is 10.5. The number of aromatic nitrogens is 1. The van der Waals surface area contributed by atoms with Crippen LogP contribution in [0.1, 0.15) is 37.5 Å². The van der Waals surface area contributed by atoms with Crippen LogP contribution in [0.15, 0.2) is 76.7 Å². The normalized spacial score (nSPS) is 12.3. The van der Waals surface area contributed by atoms with E-state index in [2.05, 4.69) is 107 Å². The third kappa shape index (κ3) is 3.75. The van der Waals surface area contributed by atoms with Gasteiger partial charge in [-0.3, -0.25) is 4.98 Å². The maximum Gasteiger partial charge on any atom is 0.144 e. The second-order valence-electron chi connectivity index (χ2n) is 10.8. The fourth-order valence-electron chi connectivity index (χ4n) is 5.32. The Morgan fingerprint density at radius 3 is 2.31 bits per heavy atom. The molecule has 2 nitrogen and oxygen atoms in total. The Balaban J connectivity index is 1.61. The predicted octanol–water partition coefficient (Wildman–Crippen LogP) is 9.74. The Kier molecular flexibility index (Phi) is 5.08. The molecule has 0 unspecified atom stereocenters. The number of fused-ring (bicyclic) bond motifs is 5. The number of pyridine rings is 1. The van der Waals surface area contributed by atoms with Crippen molar-refractivity contribution < 1.29 is 4.42 Å². The maximum absolute atomic E-state index is 6.58. The van der Waals surface area contributed by atoms with Crippen LogP contribution >= 0.6 is 11.3 Å². The molecule has 6 aromatic rings. The van der Waals surface area contributed by atoms with Gasteiger partial charge in [0.1, 0.15) is 11.2 Å². The zero-order valence-corrected chi connectivity index (χ0v) is 21.7. The summed E-state index contributed by atoms with van der Waals surface area (Å²) in [6, 6.07) is 21.8. The topological polar surface area (TPSA) is 26.0 Å². The number of aryl methyl sites for hydroxylation is 2. The van der Waals surface area contributed by atoms with Gasteiger partial charge in [-0.05, 0) is 89.2 Å². The molecule has 0 atom stereocenters. The second-order valence-corrected chi connectivity index (χ2v) is 11.7. The molecule has 0 amide bonds. The van der Waals surface area contributed by atoms with Gasteiger partial charge in [0.25, 0.3) is 0 Å². The molecule has 0 aliphatic carbocycles. The van der Waals surface area contributed by atoms with Crippen LogP contribution in [0.2, 0.25) is 0 Å². The average Bonchev–Trinajstić information content (AvgIpc) is 3.43. The summed E-state index contributed by atoms with van der Waals surface area (Å²) in [6.45, 7) is 11.3. The Bertz CT molecular complexity index is 1710. The fourth-order valence-corrected chi connectivity index (χ4v) is 6.10. The number of hydrogen-bond donors (Lipinski definition) is 0. The van der Waals surface area contributed by atoms with Gasteiger partial charge in [0.15, 0.2) is 0 Å². The van der Waals surface area contributed by atoms with Crippen molar-refractivity contribution in [2.75, 3.05) is 0 Å². The van der Waals surface area contributed by atoms with E-state index in [9.17, 15) is 0 Å². The maximum atomic E-state index is 6.58. The van der Waals surface area contributed by atoms with Crippen LogP contribution in [-0.4, -0.2) is 4.98 Å². The van der Waals surface area contributed by atoms with E-state index >= 15 is 0 Å². The van der Waals surface area contributed by atoms with Crippen LogP contribution in [0.4, 0.5) is 0 Å². The van der Waals surface area contributed by atoms with Crippen LogP contribution < -0.4 is 0 Å². The summed E-state index contributed by atoms with van der Waals surface area (Å²) < 4.78 is 7.83. The molecule has 3 heterocycles. The Morgan fingerprint density at radius 2 is 1.54 bits per heavy atom. The lowest BCUT2D eigenvalue weighted by molar-refractivity contribution is 0.411. The monoisotopic (exact) mass is 475 g/mol. The molecule has 3 aromatic heterocycles. The van der Waals surface area contributed by atoms with Gasteiger partial charge in [0.2, 0.25) is 0 Å². The number of nitrogens with zero attached hydrogens (tertiary/aromatic N) is 1. The molecular weight excluding hydrogens is 446 g/mol. The van der Waals surface area contributed by atoms with E-state index in [-0.39, 0.29) is 5.41 Å². The molecule has 0 radical (unpaired) electrons. The number of benzene rings is 3. The first-order chi connectivity index (χ1) is 16.8. The number of para-hydroxylation sites is 1. The lowest BCUT2D eigenvalue weighted by atomic mass is 9.83. The van der Waals surface area contributed by atoms with E-state index in [0.29, 0.717) is 0 Å². The van der Waals surface area contributed by atoms with Gasteiger partial charge in [-0.2, -0.15) is 0 Å². The molecule has 0 saturated heterocycles. The Morgan fingerprint density at radius 1 is 0.800 bits per heavy atom. The SMILES string of the molecule is Cc1cccc(C)c1-c1cc(-c2cccc3c2oc2c4ccsc4ccc32)ncc1CC(C)(C)C. The molecule has 0 aliphatic heterocycles. The van der Waals surface area contributed by atoms with Crippen molar-refractivity contribution in [1.29, 1.82) is 0 Å². The molecule has 174 valence electrons. The van der Waals surface area contributed by atoms with Gasteiger partial charge in [-0.15, -0.1) is 11.3 Å². The minimum Gasteiger partial charge on any atom is -0.455 e. The summed E-state index contributed by atoms with van der Waals surface area (Å²) in [4.78, 5) is 4.99. The molecule has 0 saturated carbocycles. The quantitative estimate of drug-likeness (QED) is 0.254. The minimum atomic E-state index is 0.166. The Hall–Kier alpha value is -3.43. The molecule has 6 rings (SSSR count). The smallest absolute Gasteiger partial charge is 0.144 e. The summed E-state index contributed by atoms with van der Waals surface area (Å²) in [5.74, 6) is 0. The minimum absolute atomic E-state index is 0.166. The third-order valence-corrected chi connectivity index (χ3v) is 7.71. The number of furan rings is 1. The summed E-state index contributed by atoms with van der Waals surface area (Å²) in [6.07, 6.45) is 3.05. The molecule has 3 heteroatoms. The first-order valence-electron chi connectivity index (χ1n) is 12.2. The van der Waals surface area contributed by atoms with Crippen molar-refractivity contribution in [2.45, 2.75) is 41.0 Å². The molecule has 0 spiro atoms. The zero-order valence-electron chi connectivity index (χ0n) is 20.9. The molecule has 3 aromatic carbocycles. The van der Waals surface area contributed by atoms with Gasteiger partial charge in [0, 0.05) is 32.6 Å². The van der Waals surface area contributed by atoms with Gasteiger partial charge in [0.05, 0.1) is 5.69 Å². The van der Waals surface area contributed by atoms with Crippen LogP contribution in [0.25, 0.3) is 54.4 Å². The number of rotatable bonds is 3. The third-order valence-electron chi connectivity index (χ3n) is 6.83. The van der Waals surface area contributed by atoms with Crippen molar-refractivity contribution >= 4 is 43.4 Å². The van der Waals surface area contributed by atoms with E-state index in [1.165, 1.54) is 37.9 Å². The highest BCUT2D eigenvalue weighted by atomic mass is 32.1. The number of hydrogen-bond acceptors (Lipinski definition) is 3.